The summed E-state index contributed by atoms with van der Waals surface area (Å²) in [4.78, 5) is 24.3. The average Bonchev–Trinajstić information content (AvgIpc) is 3.29. The molecule has 1 atom stereocenters. The number of carbonyl (C=O) groups excluding carboxylic acids is 2. The summed E-state index contributed by atoms with van der Waals surface area (Å²) in [6.45, 7) is 1.64. The van der Waals surface area contributed by atoms with E-state index in [-0.39, 0.29) is 11.7 Å². The minimum absolute atomic E-state index is 0.181. The Morgan fingerprint density at radius 3 is 2.62 bits per heavy atom. The van der Waals surface area contributed by atoms with Crippen molar-refractivity contribution in [2.24, 2.45) is 0 Å². The summed E-state index contributed by atoms with van der Waals surface area (Å²) in [5, 5.41) is 5.49. The summed E-state index contributed by atoms with van der Waals surface area (Å²) >= 11 is 0. The predicted octanol–water partition coefficient (Wildman–Crippen LogP) is 3.61. The van der Waals surface area contributed by atoms with Crippen LogP contribution >= 0.6 is 0 Å². The minimum Gasteiger partial charge on any atom is -0.459 e. The Bertz CT molecular complexity index is 977. The fourth-order valence-electron chi connectivity index (χ4n) is 3.21. The van der Waals surface area contributed by atoms with Crippen LogP contribution < -0.4 is 10.6 Å². The van der Waals surface area contributed by atoms with Crippen molar-refractivity contribution in [2.75, 3.05) is 5.32 Å². The fraction of sp³-hybridized carbons (Fsp3) is 0.143. The molecule has 2 amide bonds. The Hall–Kier alpha value is -3.34. The first kappa shape index (κ1) is 16.1. The Morgan fingerprint density at radius 1 is 1.00 bits per heavy atom. The maximum Gasteiger partial charge on any atom is 0.287 e. The molecule has 0 aliphatic heterocycles. The molecule has 1 aromatic heterocycles. The highest BCUT2D eigenvalue weighted by atomic mass is 16.3. The van der Waals surface area contributed by atoms with E-state index in [0.717, 1.165) is 12.1 Å². The predicted molar refractivity (Wildman–Crippen MR) is 98.9 cm³/mol. The molecule has 3 aromatic rings. The van der Waals surface area contributed by atoms with Crippen molar-refractivity contribution in [3.05, 3.63) is 77.7 Å². The zero-order valence-electron chi connectivity index (χ0n) is 14.3. The van der Waals surface area contributed by atoms with Crippen molar-refractivity contribution in [3.8, 4) is 11.1 Å². The van der Waals surface area contributed by atoms with Gasteiger partial charge in [-0.15, -0.1) is 0 Å². The first-order valence-electron chi connectivity index (χ1n) is 8.48. The molecule has 0 saturated carbocycles. The lowest BCUT2D eigenvalue weighted by Gasteiger charge is -2.14. The van der Waals surface area contributed by atoms with Gasteiger partial charge in [-0.1, -0.05) is 30.3 Å². The number of furan rings is 1. The molecule has 1 heterocycles. The van der Waals surface area contributed by atoms with Crippen LogP contribution in [0.4, 0.5) is 5.69 Å². The molecule has 2 aromatic carbocycles. The molecule has 130 valence electrons. The zero-order valence-corrected chi connectivity index (χ0v) is 14.3. The van der Waals surface area contributed by atoms with Gasteiger partial charge in [-0.25, -0.2) is 0 Å². The minimum atomic E-state index is -0.682. The molecule has 0 spiro atoms. The van der Waals surface area contributed by atoms with Crippen LogP contribution in [-0.2, 0) is 11.2 Å². The Kier molecular flexibility index (Phi) is 4.05. The number of fused-ring (bicyclic) bond motifs is 3. The Balaban J connectivity index is 1.44. The van der Waals surface area contributed by atoms with Gasteiger partial charge < -0.3 is 15.1 Å². The third-order valence-corrected chi connectivity index (χ3v) is 4.55. The van der Waals surface area contributed by atoms with Gasteiger partial charge >= 0.3 is 0 Å². The van der Waals surface area contributed by atoms with Gasteiger partial charge in [0.25, 0.3) is 5.91 Å². The molecule has 2 N–H and O–H groups in total. The monoisotopic (exact) mass is 346 g/mol. The standard InChI is InChI=1S/C21H18N2O3/c1-13(22-21(25)19-7-4-10-26-19)20(24)23-16-8-9-18-15(12-16)11-14-5-2-3-6-17(14)18/h2-10,12-13H,11H2,1H3,(H,22,25)(H,23,24)/t13-/m1/s1. The van der Waals surface area contributed by atoms with Crippen molar-refractivity contribution in [1.82, 2.24) is 5.32 Å². The van der Waals surface area contributed by atoms with E-state index < -0.39 is 11.9 Å². The van der Waals surface area contributed by atoms with Gasteiger partial charge in [0.15, 0.2) is 5.76 Å². The molecule has 5 nitrogen and oxygen atoms in total. The summed E-state index contributed by atoms with van der Waals surface area (Å²) in [5.74, 6) is -0.512. The number of nitrogens with one attached hydrogen (secondary N) is 2. The normalized spacial score (nSPS) is 12.8. The van der Waals surface area contributed by atoms with Crippen LogP contribution in [0.5, 0.6) is 0 Å². The number of benzene rings is 2. The largest absolute Gasteiger partial charge is 0.459 e. The Morgan fingerprint density at radius 2 is 1.81 bits per heavy atom. The third-order valence-electron chi connectivity index (χ3n) is 4.55. The molecule has 0 saturated heterocycles. The average molecular weight is 346 g/mol. The molecule has 0 radical (unpaired) electrons. The van der Waals surface area contributed by atoms with Crippen LogP contribution in [-0.4, -0.2) is 17.9 Å². The topological polar surface area (TPSA) is 71.3 Å². The van der Waals surface area contributed by atoms with Gasteiger partial charge in [0.1, 0.15) is 6.04 Å². The van der Waals surface area contributed by atoms with E-state index >= 15 is 0 Å². The second-order valence-corrected chi connectivity index (χ2v) is 6.37. The summed E-state index contributed by atoms with van der Waals surface area (Å²) < 4.78 is 5.03. The lowest BCUT2D eigenvalue weighted by molar-refractivity contribution is -0.117. The van der Waals surface area contributed by atoms with E-state index in [2.05, 4.69) is 22.8 Å². The third kappa shape index (κ3) is 2.99. The first-order valence-corrected chi connectivity index (χ1v) is 8.48. The number of rotatable bonds is 4. The molecular weight excluding hydrogens is 328 g/mol. The Labute approximate surface area is 151 Å². The fourth-order valence-corrected chi connectivity index (χ4v) is 3.21. The highest BCUT2D eigenvalue weighted by Crippen LogP contribution is 2.37. The van der Waals surface area contributed by atoms with E-state index in [9.17, 15) is 9.59 Å². The molecule has 26 heavy (non-hydrogen) atoms. The van der Waals surface area contributed by atoms with Crippen LogP contribution in [0.2, 0.25) is 0 Å². The summed E-state index contributed by atoms with van der Waals surface area (Å²) in [7, 11) is 0. The first-order chi connectivity index (χ1) is 12.6. The van der Waals surface area contributed by atoms with Gasteiger partial charge in [0.05, 0.1) is 6.26 Å². The van der Waals surface area contributed by atoms with Gasteiger partial charge in [-0.3, -0.25) is 9.59 Å². The molecular formula is C21H18N2O3. The van der Waals surface area contributed by atoms with Gasteiger partial charge in [-0.05, 0) is 59.9 Å². The highest BCUT2D eigenvalue weighted by Gasteiger charge is 2.20. The maximum absolute atomic E-state index is 12.4. The smallest absolute Gasteiger partial charge is 0.287 e. The van der Waals surface area contributed by atoms with Crippen molar-refractivity contribution >= 4 is 17.5 Å². The lowest BCUT2D eigenvalue weighted by atomic mass is 10.1. The van der Waals surface area contributed by atoms with E-state index in [0.29, 0.717) is 0 Å². The summed E-state index contributed by atoms with van der Waals surface area (Å²) in [6.07, 6.45) is 2.28. The maximum atomic E-state index is 12.4. The van der Waals surface area contributed by atoms with E-state index in [1.807, 2.05) is 30.3 Å². The van der Waals surface area contributed by atoms with Crippen molar-refractivity contribution in [1.29, 1.82) is 0 Å². The number of hydrogen-bond acceptors (Lipinski definition) is 3. The van der Waals surface area contributed by atoms with Crippen LogP contribution in [0.1, 0.15) is 28.6 Å². The van der Waals surface area contributed by atoms with Gasteiger partial charge in [-0.2, -0.15) is 0 Å². The molecule has 0 fully saturated rings. The summed E-state index contributed by atoms with van der Waals surface area (Å²) in [6, 6.07) is 16.7. The lowest BCUT2D eigenvalue weighted by Crippen LogP contribution is -2.41. The SMILES string of the molecule is C[C@@H](NC(=O)c1ccco1)C(=O)Nc1ccc2c(c1)Cc1ccccc1-2. The van der Waals surface area contributed by atoms with Crippen LogP contribution in [0, 0.1) is 0 Å². The number of carbonyl (C=O) groups is 2. The molecule has 1 aliphatic rings. The summed E-state index contributed by atoms with van der Waals surface area (Å²) in [5.41, 5.74) is 5.67. The molecule has 4 rings (SSSR count). The van der Waals surface area contributed by atoms with Gasteiger partial charge in [0, 0.05) is 5.69 Å². The van der Waals surface area contributed by atoms with Crippen molar-refractivity contribution in [3.63, 3.8) is 0 Å². The van der Waals surface area contributed by atoms with Crippen LogP contribution in [0.25, 0.3) is 11.1 Å². The molecule has 0 bridgehead atoms. The van der Waals surface area contributed by atoms with E-state index in [1.165, 1.54) is 28.5 Å². The van der Waals surface area contributed by atoms with E-state index in [4.69, 9.17) is 4.42 Å². The van der Waals surface area contributed by atoms with Crippen LogP contribution in [0.15, 0.2) is 65.3 Å². The van der Waals surface area contributed by atoms with Crippen molar-refractivity contribution < 1.29 is 14.0 Å². The van der Waals surface area contributed by atoms with Crippen LogP contribution in [0.3, 0.4) is 0 Å². The second kappa shape index (κ2) is 6.52. The number of amides is 2. The second-order valence-electron chi connectivity index (χ2n) is 6.37. The quantitative estimate of drug-likeness (QED) is 0.593. The van der Waals surface area contributed by atoms with Crippen molar-refractivity contribution in [2.45, 2.75) is 19.4 Å². The van der Waals surface area contributed by atoms with E-state index in [1.54, 1.807) is 19.1 Å². The zero-order chi connectivity index (χ0) is 18.1. The number of hydrogen-bond donors (Lipinski definition) is 2. The molecule has 0 unspecified atom stereocenters. The molecule has 1 aliphatic carbocycles. The highest BCUT2D eigenvalue weighted by molar-refractivity contribution is 6.00. The van der Waals surface area contributed by atoms with Gasteiger partial charge in [0.2, 0.25) is 5.91 Å². The molecule has 5 heteroatoms. The number of anilines is 1.